The lowest BCUT2D eigenvalue weighted by atomic mass is 10.0. The van der Waals surface area contributed by atoms with Crippen LogP contribution in [0.4, 0.5) is 0 Å². The second kappa shape index (κ2) is 7.44. The average molecular weight is 340 g/mol. The maximum Gasteiger partial charge on any atom is 0.241 e. The van der Waals surface area contributed by atoms with Gasteiger partial charge in [-0.1, -0.05) is 39.8 Å². The van der Waals surface area contributed by atoms with Crippen molar-refractivity contribution in [3.8, 4) is 5.75 Å². The number of ether oxygens (including phenoxy) is 1. The number of hydrogen-bond acceptors (Lipinski definition) is 4. The van der Waals surface area contributed by atoms with E-state index in [-0.39, 0.29) is 9.96 Å². The molecule has 130 valence electrons. The highest BCUT2D eigenvalue weighted by Crippen LogP contribution is 2.41. The fourth-order valence-electron chi connectivity index (χ4n) is 2.16. The summed E-state index contributed by atoms with van der Waals surface area (Å²) in [5.74, 6) is 0.685. The molecule has 0 saturated carbocycles. The molecule has 2 atom stereocenters. The third-order valence-electron chi connectivity index (χ3n) is 4.69. The van der Waals surface area contributed by atoms with Gasteiger partial charge in [-0.05, 0) is 35.8 Å². The zero-order chi connectivity index (χ0) is 17.8. The Labute approximate surface area is 140 Å². The van der Waals surface area contributed by atoms with Crippen molar-refractivity contribution in [2.24, 2.45) is 0 Å². The molecule has 1 aromatic carbocycles. The van der Waals surface area contributed by atoms with Crippen LogP contribution in [0.25, 0.3) is 0 Å². The highest BCUT2D eigenvalue weighted by atomic mass is 28.4. The Morgan fingerprint density at radius 3 is 2.35 bits per heavy atom. The summed E-state index contributed by atoms with van der Waals surface area (Å²) >= 11 is 0. The smallest absolute Gasteiger partial charge is 0.241 e. The molecular formula is C17H29NO4Si. The maximum absolute atomic E-state index is 11.5. The quantitative estimate of drug-likeness (QED) is 0.406. The number of methoxy groups -OCH3 is 1. The van der Waals surface area contributed by atoms with Gasteiger partial charge in [0, 0.05) is 11.3 Å². The van der Waals surface area contributed by atoms with Crippen LogP contribution in [0.15, 0.2) is 24.3 Å². The molecule has 1 aromatic rings. The molecule has 0 aliphatic heterocycles. The van der Waals surface area contributed by atoms with Gasteiger partial charge in [0.2, 0.25) is 6.04 Å². The van der Waals surface area contributed by atoms with Crippen molar-refractivity contribution < 1.29 is 14.1 Å². The normalized spacial score (nSPS) is 15.1. The molecule has 6 heteroatoms. The first-order valence-electron chi connectivity index (χ1n) is 7.98. The van der Waals surface area contributed by atoms with Crippen LogP contribution in [0, 0.1) is 10.1 Å². The number of benzene rings is 1. The Morgan fingerprint density at radius 1 is 1.30 bits per heavy atom. The Morgan fingerprint density at radius 2 is 1.91 bits per heavy atom. The number of hydrogen-bond donors (Lipinski definition) is 0. The van der Waals surface area contributed by atoms with Crippen LogP contribution in [0.3, 0.4) is 0 Å². The molecule has 0 N–H and O–H groups in total. The number of nitro groups is 1. The summed E-state index contributed by atoms with van der Waals surface area (Å²) < 4.78 is 11.7. The third kappa shape index (κ3) is 4.78. The van der Waals surface area contributed by atoms with Gasteiger partial charge in [-0.25, -0.2) is 0 Å². The number of nitrogens with zero attached hydrogens (tertiary/aromatic N) is 1. The molecule has 0 fully saturated rings. The summed E-state index contributed by atoms with van der Waals surface area (Å²) in [6, 6.07) is 6.63. The predicted octanol–water partition coefficient (Wildman–Crippen LogP) is 4.81. The first-order valence-corrected chi connectivity index (χ1v) is 10.9. The highest BCUT2D eigenvalue weighted by molar-refractivity contribution is 6.74. The Hall–Kier alpha value is -1.40. The summed E-state index contributed by atoms with van der Waals surface area (Å²) in [7, 11) is -0.558. The lowest BCUT2D eigenvalue weighted by Crippen LogP contribution is -2.45. The van der Waals surface area contributed by atoms with E-state index in [2.05, 4.69) is 33.9 Å². The van der Waals surface area contributed by atoms with Gasteiger partial charge >= 0.3 is 0 Å². The zero-order valence-corrected chi connectivity index (χ0v) is 16.3. The van der Waals surface area contributed by atoms with E-state index < -0.39 is 20.5 Å². The minimum atomic E-state index is -2.15. The van der Waals surface area contributed by atoms with E-state index in [1.54, 1.807) is 7.11 Å². The SMILES string of the molecule is CC[C@@H]([C@H](O[Si](C)(C)C(C)(C)C)c1cccc(OC)c1)[N+](=O)[O-]. The Bertz CT molecular complexity index is 540. The molecule has 1 rings (SSSR count). The van der Waals surface area contributed by atoms with Crippen LogP contribution in [-0.4, -0.2) is 26.4 Å². The van der Waals surface area contributed by atoms with E-state index >= 15 is 0 Å². The summed E-state index contributed by atoms with van der Waals surface area (Å²) in [5.41, 5.74) is 0.803. The van der Waals surface area contributed by atoms with Gasteiger partial charge in [0.15, 0.2) is 8.32 Å². The molecule has 0 amide bonds. The van der Waals surface area contributed by atoms with Crippen LogP contribution in [0.5, 0.6) is 5.75 Å². The summed E-state index contributed by atoms with van der Waals surface area (Å²) in [6.07, 6.45) is -0.144. The van der Waals surface area contributed by atoms with Crippen LogP contribution in [0.2, 0.25) is 18.1 Å². The molecule has 0 aliphatic rings. The fourth-order valence-corrected chi connectivity index (χ4v) is 3.44. The van der Waals surface area contributed by atoms with E-state index in [1.165, 1.54) is 0 Å². The van der Waals surface area contributed by atoms with Crippen molar-refractivity contribution in [1.82, 2.24) is 0 Å². The van der Waals surface area contributed by atoms with Crippen molar-refractivity contribution in [3.05, 3.63) is 39.9 Å². The second-order valence-electron chi connectivity index (χ2n) is 7.34. The molecule has 0 bridgehead atoms. The van der Waals surface area contributed by atoms with Crippen LogP contribution >= 0.6 is 0 Å². The molecule has 0 heterocycles. The molecule has 0 spiro atoms. The molecule has 0 aliphatic carbocycles. The van der Waals surface area contributed by atoms with Crippen LogP contribution in [-0.2, 0) is 4.43 Å². The van der Waals surface area contributed by atoms with E-state index in [0.29, 0.717) is 12.2 Å². The van der Waals surface area contributed by atoms with Crippen LogP contribution in [0.1, 0.15) is 45.8 Å². The minimum absolute atomic E-state index is 0.0149. The van der Waals surface area contributed by atoms with Crippen molar-refractivity contribution in [2.45, 2.75) is 64.4 Å². The lowest BCUT2D eigenvalue weighted by molar-refractivity contribution is -0.535. The largest absolute Gasteiger partial charge is 0.497 e. The molecule has 0 aromatic heterocycles. The van der Waals surface area contributed by atoms with Gasteiger partial charge in [-0.2, -0.15) is 0 Å². The Kier molecular flexibility index (Phi) is 6.36. The van der Waals surface area contributed by atoms with Gasteiger partial charge < -0.3 is 9.16 Å². The van der Waals surface area contributed by atoms with Crippen molar-refractivity contribution >= 4 is 8.32 Å². The van der Waals surface area contributed by atoms with Crippen LogP contribution < -0.4 is 4.74 Å². The van der Waals surface area contributed by atoms with Gasteiger partial charge in [0.05, 0.1) is 7.11 Å². The summed E-state index contributed by atoms with van der Waals surface area (Å²) in [5, 5.41) is 11.5. The van der Waals surface area contributed by atoms with Gasteiger partial charge in [-0.3, -0.25) is 10.1 Å². The topological polar surface area (TPSA) is 61.6 Å². The third-order valence-corrected chi connectivity index (χ3v) is 9.14. The molecular weight excluding hydrogens is 310 g/mol. The highest BCUT2D eigenvalue weighted by Gasteiger charge is 2.43. The van der Waals surface area contributed by atoms with E-state index in [4.69, 9.17) is 9.16 Å². The fraction of sp³-hybridized carbons (Fsp3) is 0.647. The van der Waals surface area contributed by atoms with E-state index in [0.717, 1.165) is 5.56 Å². The van der Waals surface area contributed by atoms with E-state index in [1.807, 2.05) is 31.2 Å². The lowest BCUT2D eigenvalue weighted by Gasteiger charge is -2.39. The molecule has 5 nitrogen and oxygen atoms in total. The monoisotopic (exact) mass is 339 g/mol. The summed E-state index contributed by atoms with van der Waals surface area (Å²) in [4.78, 5) is 11.3. The predicted molar refractivity (Wildman–Crippen MR) is 95.1 cm³/mol. The number of rotatable bonds is 7. The second-order valence-corrected chi connectivity index (χ2v) is 12.1. The zero-order valence-electron chi connectivity index (χ0n) is 15.3. The molecule has 0 saturated heterocycles. The summed E-state index contributed by atoms with van der Waals surface area (Å²) in [6.45, 7) is 12.5. The first-order chi connectivity index (χ1) is 10.5. The standard InChI is InChI=1S/C17H29NO4Si/c1-8-15(18(19)20)16(22-23(6,7)17(2,3)4)13-10-9-11-14(12-13)21-5/h9-12,15-16H,8H2,1-7H3/t15-,16+/m0/s1. The van der Waals surface area contributed by atoms with E-state index in [9.17, 15) is 10.1 Å². The van der Waals surface area contributed by atoms with Gasteiger partial charge in [0.25, 0.3) is 0 Å². The van der Waals surface area contributed by atoms with Gasteiger partial charge in [0.1, 0.15) is 11.9 Å². The molecule has 23 heavy (non-hydrogen) atoms. The first kappa shape index (κ1) is 19.6. The Balaban J connectivity index is 3.29. The van der Waals surface area contributed by atoms with Crippen molar-refractivity contribution in [3.63, 3.8) is 0 Å². The van der Waals surface area contributed by atoms with Gasteiger partial charge in [-0.15, -0.1) is 0 Å². The van der Waals surface area contributed by atoms with Crippen molar-refractivity contribution in [1.29, 1.82) is 0 Å². The molecule has 0 radical (unpaired) electrons. The molecule has 0 unspecified atom stereocenters. The van der Waals surface area contributed by atoms with Crippen molar-refractivity contribution in [2.75, 3.05) is 7.11 Å². The minimum Gasteiger partial charge on any atom is -0.497 e. The average Bonchev–Trinajstić information content (AvgIpc) is 2.45. The maximum atomic E-state index is 11.5.